The Bertz CT molecular complexity index is 191. The van der Waals surface area contributed by atoms with E-state index in [2.05, 4.69) is 31.1 Å². The number of nitrogens with one attached hydrogen (secondary N) is 1. The molecular weight excluding hydrogens is 184 g/mol. The first-order chi connectivity index (χ1) is 7.22. The van der Waals surface area contributed by atoms with Gasteiger partial charge < -0.3 is 5.32 Å². The molecule has 0 aromatic heterocycles. The molecule has 2 heteroatoms. The van der Waals surface area contributed by atoms with Crippen LogP contribution in [0.15, 0.2) is 0 Å². The fourth-order valence-electron chi connectivity index (χ4n) is 3.04. The zero-order valence-electron chi connectivity index (χ0n) is 10.5. The molecule has 1 N–H and O–H groups in total. The van der Waals surface area contributed by atoms with Gasteiger partial charge in [-0.2, -0.15) is 0 Å². The maximum absolute atomic E-state index is 3.51. The minimum atomic E-state index is 0.744. The van der Waals surface area contributed by atoms with E-state index in [9.17, 15) is 0 Å². The molecule has 0 aromatic rings. The largest absolute Gasteiger partial charge is 0.315 e. The molecule has 1 aliphatic heterocycles. The van der Waals surface area contributed by atoms with Crippen molar-refractivity contribution in [1.29, 1.82) is 0 Å². The highest BCUT2D eigenvalue weighted by Crippen LogP contribution is 2.34. The van der Waals surface area contributed by atoms with Crippen molar-refractivity contribution in [2.75, 3.05) is 13.6 Å². The molecule has 1 saturated heterocycles. The number of likely N-dealkylation sites (tertiary alicyclic amines) is 1. The number of piperidine rings is 1. The summed E-state index contributed by atoms with van der Waals surface area (Å²) in [7, 11) is 2.13. The van der Waals surface area contributed by atoms with Crippen LogP contribution in [-0.2, 0) is 0 Å². The Morgan fingerprint density at radius 3 is 2.20 bits per heavy atom. The normalized spacial score (nSPS) is 35.4. The number of hydrogen-bond donors (Lipinski definition) is 1. The van der Waals surface area contributed by atoms with Crippen molar-refractivity contribution in [1.82, 2.24) is 10.2 Å². The molecule has 1 aliphatic carbocycles. The van der Waals surface area contributed by atoms with Gasteiger partial charge in [0, 0.05) is 24.7 Å². The first-order valence-electron chi connectivity index (χ1n) is 6.65. The van der Waals surface area contributed by atoms with Crippen molar-refractivity contribution < 1.29 is 0 Å². The van der Waals surface area contributed by atoms with Crippen LogP contribution in [0.3, 0.4) is 0 Å². The summed E-state index contributed by atoms with van der Waals surface area (Å²) in [6, 6.07) is 2.33. The number of likely N-dealkylation sites (N-methyl/N-ethyl adjacent to an activating group) is 1. The Labute approximate surface area is 94.4 Å². The smallest absolute Gasteiger partial charge is 0.0220 e. The molecule has 88 valence electrons. The molecule has 3 unspecified atom stereocenters. The van der Waals surface area contributed by atoms with E-state index in [1.165, 1.54) is 38.6 Å². The number of rotatable bonds is 4. The predicted molar refractivity (Wildman–Crippen MR) is 65.1 cm³/mol. The summed E-state index contributed by atoms with van der Waals surface area (Å²) < 4.78 is 0. The van der Waals surface area contributed by atoms with Crippen LogP contribution in [0.1, 0.15) is 46.0 Å². The molecule has 0 bridgehead atoms. The van der Waals surface area contributed by atoms with Gasteiger partial charge in [-0.05, 0) is 52.5 Å². The predicted octanol–water partition coefficient (Wildman–Crippen LogP) is 2.25. The summed E-state index contributed by atoms with van der Waals surface area (Å²) >= 11 is 0. The molecule has 2 fully saturated rings. The van der Waals surface area contributed by atoms with E-state index in [0.717, 1.165) is 24.0 Å². The first kappa shape index (κ1) is 11.4. The Morgan fingerprint density at radius 1 is 1.13 bits per heavy atom. The van der Waals surface area contributed by atoms with Crippen molar-refractivity contribution in [3.05, 3.63) is 0 Å². The monoisotopic (exact) mass is 210 g/mol. The van der Waals surface area contributed by atoms with Crippen LogP contribution < -0.4 is 5.32 Å². The second kappa shape index (κ2) is 4.84. The fraction of sp³-hybridized carbons (Fsp3) is 1.00. The van der Waals surface area contributed by atoms with Crippen LogP contribution in [-0.4, -0.2) is 36.6 Å². The van der Waals surface area contributed by atoms with Gasteiger partial charge >= 0.3 is 0 Å². The molecular formula is C13H26N2. The van der Waals surface area contributed by atoms with Crippen LogP contribution >= 0.6 is 0 Å². The van der Waals surface area contributed by atoms with E-state index < -0.39 is 0 Å². The summed E-state index contributed by atoms with van der Waals surface area (Å²) in [4.78, 5) is 2.73. The second-order valence-corrected chi connectivity index (χ2v) is 5.56. The van der Waals surface area contributed by atoms with Gasteiger partial charge in [0.1, 0.15) is 0 Å². The lowest BCUT2D eigenvalue weighted by Crippen LogP contribution is -2.50. The van der Waals surface area contributed by atoms with Gasteiger partial charge in [-0.3, -0.25) is 4.90 Å². The molecule has 1 heterocycles. The molecule has 2 nitrogen and oxygen atoms in total. The number of nitrogens with zero attached hydrogens (tertiary/aromatic N) is 1. The van der Waals surface area contributed by atoms with E-state index in [0.29, 0.717) is 0 Å². The highest BCUT2D eigenvalue weighted by molar-refractivity contribution is 4.90. The summed E-state index contributed by atoms with van der Waals surface area (Å²) in [5.74, 6) is 0.969. The van der Waals surface area contributed by atoms with Gasteiger partial charge in [-0.25, -0.2) is 0 Å². The summed E-state index contributed by atoms with van der Waals surface area (Å²) in [5.41, 5.74) is 0. The zero-order valence-corrected chi connectivity index (χ0v) is 10.5. The lowest BCUT2D eigenvalue weighted by molar-refractivity contribution is 0.0888. The Hall–Kier alpha value is -0.0800. The third kappa shape index (κ3) is 2.73. The second-order valence-electron chi connectivity index (χ2n) is 5.56. The van der Waals surface area contributed by atoms with Gasteiger partial charge in [0.2, 0.25) is 0 Å². The van der Waals surface area contributed by atoms with Crippen molar-refractivity contribution in [2.45, 2.75) is 64.1 Å². The molecule has 15 heavy (non-hydrogen) atoms. The summed E-state index contributed by atoms with van der Waals surface area (Å²) in [5, 5.41) is 3.51. The molecule has 0 radical (unpaired) electrons. The summed E-state index contributed by atoms with van der Waals surface area (Å²) in [6.07, 6.45) is 7.10. The van der Waals surface area contributed by atoms with E-state index in [-0.39, 0.29) is 0 Å². The molecule has 0 aromatic carbocycles. The standard InChI is InChI=1S/C13H26N2/c1-10-5-4-6-11(2)15(10)9-13(14-3)12-7-8-12/h10-14H,4-9H2,1-3H3. The van der Waals surface area contributed by atoms with E-state index in [1.807, 2.05) is 0 Å². The first-order valence-corrected chi connectivity index (χ1v) is 6.65. The third-order valence-corrected chi connectivity index (χ3v) is 4.35. The van der Waals surface area contributed by atoms with Gasteiger partial charge in [0.05, 0.1) is 0 Å². The van der Waals surface area contributed by atoms with Crippen LogP contribution in [0.25, 0.3) is 0 Å². The minimum Gasteiger partial charge on any atom is -0.315 e. The highest BCUT2D eigenvalue weighted by atomic mass is 15.2. The SMILES string of the molecule is CNC(CN1C(C)CCCC1C)C1CC1. The lowest BCUT2D eigenvalue weighted by atomic mass is 9.96. The van der Waals surface area contributed by atoms with Crippen LogP contribution in [0, 0.1) is 5.92 Å². The van der Waals surface area contributed by atoms with Crippen LogP contribution in [0.2, 0.25) is 0 Å². The molecule has 0 spiro atoms. The minimum absolute atomic E-state index is 0.744. The fourth-order valence-corrected chi connectivity index (χ4v) is 3.04. The van der Waals surface area contributed by atoms with Crippen molar-refractivity contribution in [3.8, 4) is 0 Å². The van der Waals surface area contributed by atoms with E-state index in [1.54, 1.807) is 0 Å². The Kier molecular flexibility index (Phi) is 3.68. The third-order valence-electron chi connectivity index (χ3n) is 4.35. The zero-order chi connectivity index (χ0) is 10.8. The lowest BCUT2D eigenvalue weighted by Gasteiger charge is -2.41. The van der Waals surface area contributed by atoms with Crippen molar-refractivity contribution in [3.63, 3.8) is 0 Å². The van der Waals surface area contributed by atoms with Crippen LogP contribution in [0.5, 0.6) is 0 Å². The molecule has 3 atom stereocenters. The van der Waals surface area contributed by atoms with Crippen molar-refractivity contribution >= 4 is 0 Å². The van der Waals surface area contributed by atoms with E-state index in [4.69, 9.17) is 0 Å². The molecule has 2 rings (SSSR count). The average molecular weight is 210 g/mol. The van der Waals surface area contributed by atoms with Crippen LogP contribution in [0.4, 0.5) is 0 Å². The Morgan fingerprint density at radius 2 is 1.73 bits per heavy atom. The van der Waals surface area contributed by atoms with Crippen molar-refractivity contribution in [2.24, 2.45) is 5.92 Å². The quantitative estimate of drug-likeness (QED) is 0.765. The van der Waals surface area contributed by atoms with Gasteiger partial charge in [0.15, 0.2) is 0 Å². The van der Waals surface area contributed by atoms with Gasteiger partial charge in [-0.15, -0.1) is 0 Å². The van der Waals surface area contributed by atoms with E-state index >= 15 is 0 Å². The maximum Gasteiger partial charge on any atom is 0.0220 e. The molecule has 1 saturated carbocycles. The van der Waals surface area contributed by atoms with Gasteiger partial charge in [-0.1, -0.05) is 6.42 Å². The number of hydrogen-bond acceptors (Lipinski definition) is 2. The molecule has 0 amide bonds. The molecule has 2 aliphatic rings. The maximum atomic E-state index is 3.51. The van der Waals surface area contributed by atoms with Gasteiger partial charge in [0.25, 0.3) is 0 Å². The highest BCUT2D eigenvalue weighted by Gasteiger charge is 2.34. The topological polar surface area (TPSA) is 15.3 Å². The summed E-state index contributed by atoms with van der Waals surface area (Å²) in [6.45, 7) is 6.06. The average Bonchev–Trinajstić information content (AvgIpc) is 3.01. The Balaban J connectivity index is 1.89.